The molecule has 0 aliphatic carbocycles. The topological polar surface area (TPSA) is 15.3 Å². The Bertz CT molecular complexity index is 232. The van der Waals surface area contributed by atoms with Crippen LogP contribution < -0.4 is 5.32 Å². The molecule has 1 aliphatic heterocycles. The van der Waals surface area contributed by atoms with Gasteiger partial charge in [0.1, 0.15) is 0 Å². The molecule has 0 atom stereocenters. The minimum absolute atomic E-state index is 0.674. The molecule has 0 radical (unpaired) electrons. The summed E-state index contributed by atoms with van der Waals surface area (Å²) in [6.45, 7) is 18.0. The highest BCUT2D eigenvalue weighted by atomic mass is 15.2. The Morgan fingerprint density at radius 2 is 1.40 bits per heavy atom. The summed E-state index contributed by atoms with van der Waals surface area (Å²) in [6, 6.07) is 1.44. The van der Waals surface area contributed by atoms with Gasteiger partial charge < -0.3 is 5.32 Å². The predicted molar refractivity (Wildman–Crippen MR) is 90.1 cm³/mol. The summed E-state index contributed by atoms with van der Waals surface area (Å²) in [6.07, 6.45) is 5.42. The van der Waals surface area contributed by atoms with Gasteiger partial charge in [0.25, 0.3) is 0 Å². The number of rotatable bonds is 8. The van der Waals surface area contributed by atoms with Gasteiger partial charge in [0.05, 0.1) is 0 Å². The molecular formula is C18H38N2. The van der Waals surface area contributed by atoms with Crippen LogP contribution in [0.4, 0.5) is 0 Å². The van der Waals surface area contributed by atoms with Crippen LogP contribution in [-0.2, 0) is 0 Å². The maximum absolute atomic E-state index is 3.49. The van der Waals surface area contributed by atoms with Gasteiger partial charge in [0, 0.05) is 18.6 Å². The third kappa shape index (κ3) is 6.58. The SMILES string of the molecule is CC(C)CC(CC(C)C)N(CC1CCNCC1)C(C)C. The molecule has 1 fully saturated rings. The zero-order valence-corrected chi connectivity index (χ0v) is 14.8. The quantitative estimate of drug-likeness (QED) is 0.719. The lowest BCUT2D eigenvalue weighted by Crippen LogP contribution is -2.46. The second-order valence-electron chi connectivity index (χ2n) is 7.90. The fraction of sp³-hybridized carbons (Fsp3) is 1.00. The minimum Gasteiger partial charge on any atom is -0.317 e. The van der Waals surface area contributed by atoms with E-state index in [-0.39, 0.29) is 0 Å². The molecule has 1 saturated heterocycles. The van der Waals surface area contributed by atoms with Crippen LogP contribution in [0.3, 0.4) is 0 Å². The average molecular weight is 283 g/mol. The van der Waals surface area contributed by atoms with E-state index < -0.39 is 0 Å². The highest BCUT2D eigenvalue weighted by Gasteiger charge is 2.26. The molecule has 0 aromatic heterocycles. The number of hydrogen-bond acceptors (Lipinski definition) is 2. The van der Waals surface area contributed by atoms with Crippen molar-refractivity contribution in [2.45, 2.75) is 79.3 Å². The molecule has 0 bridgehead atoms. The van der Waals surface area contributed by atoms with Crippen LogP contribution in [0.5, 0.6) is 0 Å². The van der Waals surface area contributed by atoms with Gasteiger partial charge in [-0.25, -0.2) is 0 Å². The second-order valence-corrected chi connectivity index (χ2v) is 7.90. The molecule has 1 rings (SSSR count). The van der Waals surface area contributed by atoms with Crippen LogP contribution in [0.15, 0.2) is 0 Å². The van der Waals surface area contributed by atoms with Crippen LogP contribution in [0, 0.1) is 17.8 Å². The van der Waals surface area contributed by atoms with E-state index in [4.69, 9.17) is 0 Å². The van der Waals surface area contributed by atoms with Crippen molar-refractivity contribution >= 4 is 0 Å². The van der Waals surface area contributed by atoms with E-state index >= 15 is 0 Å². The molecule has 0 unspecified atom stereocenters. The highest BCUT2D eigenvalue weighted by molar-refractivity contribution is 4.81. The first-order valence-corrected chi connectivity index (χ1v) is 8.86. The number of piperidine rings is 1. The highest BCUT2D eigenvalue weighted by Crippen LogP contribution is 2.24. The molecule has 0 amide bonds. The van der Waals surface area contributed by atoms with Crippen molar-refractivity contribution in [1.82, 2.24) is 10.2 Å². The van der Waals surface area contributed by atoms with Gasteiger partial charge in [0.15, 0.2) is 0 Å². The first kappa shape index (κ1) is 18.0. The summed E-state index contributed by atoms with van der Waals surface area (Å²) >= 11 is 0. The summed E-state index contributed by atoms with van der Waals surface area (Å²) < 4.78 is 0. The normalized spacial score (nSPS) is 18.1. The van der Waals surface area contributed by atoms with Gasteiger partial charge in [-0.2, -0.15) is 0 Å². The summed E-state index contributed by atoms with van der Waals surface area (Å²) in [5, 5.41) is 3.49. The standard InChI is InChI=1S/C18H38N2/c1-14(2)11-18(12-15(3)4)20(16(5)6)13-17-7-9-19-10-8-17/h14-19H,7-13H2,1-6H3. The van der Waals surface area contributed by atoms with Crippen molar-refractivity contribution in [2.24, 2.45) is 17.8 Å². The molecule has 20 heavy (non-hydrogen) atoms. The molecule has 0 spiro atoms. The summed E-state index contributed by atoms with van der Waals surface area (Å²) in [7, 11) is 0. The smallest absolute Gasteiger partial charge is 0.0103 e. The van der Waals surface area contributed by atoms with Gasteiger partial charge in [0.2, 0.25) is 0 Å². The van der Waals surface area contributed by atoms with Gasteiger partial charge in [-0.3, -0.25) is 4.90 Å². The van der Waals surface area contributed by atoms with Crippen LogP contribution in [0.2, 0.25) is 0 Å². The van der Waals surface area contributed by atoms with E-state index in [9.17, 15) is 0 Å². The Hall–Kier alpha value is -0.0800. The van der Waals surface area contributed by atoms with E-state index in [0.29, 0.717) is 6.04 Å². The minimum atomic E-state index is 0.674. The predicted octanol–water partition coefficient (Wildman–Crippen LogP) is 4.16. The largest absolute Gasteiger partial charge is 0.317 e. The molecule has 0 saturated carbocycles. The van der Waals surface area contributed by atoms with E-state index in [1.807, 2.05) is 0 Å². The molecule has 0 aromatic rings. The molecule has 2 heteroatoms. The molecule has 1 aliphatic rings. The maximum Gasteiger partial charge on any atom is 0.0103 e. The third-order valence-electron chi connectivity index (χ3n) is 4.55. The summed E-state index contributed by atoms with van der Waals surface area (Å²) in [4.78, 5) is 2.82. The number of nitrogens with one attached hydrogen (secondary N) is 1. The lowest BCUT2D eigenvalue weighted by atomic mass is 9.90. The van der Waals surface area contributed by atoms with Crippen LogP contribution in [-0.4, -0.2) is 36.6 Å². The van der Waals surface area contributed by atoms with Crippen molar-refractivity contribution < 1.29 is 0 Å². The maximum atomic E-state index is 3.49. The van der Waals surface area contributed by atoms with Crippen molar-refractivity contribution in [2.75, 3.05) is 19.6 Å². The lowest BCUT2D eigenvalue weighted by Gasteiger charge is -2.40. The van der Waals surface area contributed by atoms with Crippen molar-refractivity contribution in [3.8, 4) is 0 Å². The van der Waals surface area contributed by atoms with Crippen molar-refractivity contribution in [3.05, 3.63) is 0 Å². The van der Waals surface area contributed by atoms with E-state index in [1.54, 1.807) is 0 Å². The first-order chi connectivity index (χ1) is 9.40. The molecule has 0 aromatic carbocycles. The Labute approximate surface area is 127 Å². The van der Waals surface area contributed by atoms with E-state index in [2.05, 4.69) is 51.8 Å². The molecule has 1 N–H and O–H groups in total. The fourth-order valence-corrected chi connectivity index (χ4v) is 3.60. The Balaban J connectivity index is 2.66. The van der Waals surface area contributed by atoms with Crippen LogP contribution in [0.1, 0.15) is 67.2 Å². The van der Waals surface area contributed by atoms with E-state index in [1.165, 1.54) is 45.3 Å². The number of nitrogens with zero attached hydrogens (tertiary/aromatic N) is 1. The van der Waals surface area contributed by atoms with Crippen molar-refractivity contribution in [1.29, 1.82) is 0 Å². The second kappa shape index (κ2) is 9.04. The molecular weight excluding hydrogens is 244 g/mol. The zero-order valence-electron chi connectivity index (χ0n) is 14.8. The summed E-state index contributed by atoms with van der Waals surface area (Å²) in [5.41, 5.74) is 0. The lowest BCUT2D eigenvalue weighted by molar-refractivity contribution is 0.0890. The molecule has 120 valence electrons. The average Bonchev–Trinajstić information content (AvgIpc) is 2.35. The molecule has 2 nitrogen and oxygen atoms in total. The monoisotopic (exact) mass is 282 g/mol. The summed E-state index contributed by atoms with van der Waals surface area (Å²) in [5.74, 6) is 2.50. The fourth-order valence-electron chi connectivity index (χ4n) is 3.60. The third-order valence-corrected chi connectivity index (χ3v) is 4.55. The Morgan fingerprint density at radius 1 is 0.900 bits per heavy atom. The molecule has 1 heterocycles. The van der Waals surface area contributed by atoms with Gasteiger partial charge in [-0.1, -0.05) is 27.7 Å². The van der Waals surface area contributed by atoms with Crippen LogP contribution in [0.25, 0.3) is 0 Å². The van der Waals surface area contributed by atoms with Gasteiger partial charge >= 0.3 is 0 Å². The van der Waals surface area contributed by atoms with Gasteiger partial charge in [-0.15, -0.1) is 0 Å². The Kier molecular flexibility index (Phi) is 8.13. The van der Waals surface area contributed by atoms with E-state index in [0.717, 1.165) is 23.8 Å². The first-order valence-electron chi connectivity index (χ1n) is 8.86. The number of hydrogen-bond donors (Lipinski definition) is 1. The zero-order chi connectivity index (χ0) is 15.1. The van der Waals surface area contributed by atoms with Crippen LogP contribution >= 0.6 is 0 Å². The van der Waals surface area contributed by atoms with Gasteiger partial charge in [-0.05, 0) is 70.4 Å². The Morgan fingerprint density at radius 3 is 1.80 bits per heavy atom. The van der Waals surface area contributed by atoms with Crippen molar-refractivity contribution in [3.63, 3.8) is 0 Å².